The van der Waals surface area contributed by atoms with Gasteiger partial charge in [-0.3, -0.25) is 9.59 Å². The lowest BCUT2D eigenvalue weighted by Crippen LogP contribution is -2.31. The third-order valence-electron chi connectivity index (χ3n) is 3.15. The molecule has 0 bridgehead atoms. The number of hydrogen-bond acceptors (Lipinski definition) is 4. The molecule has 0 spiro atoms. The number of hydrogen-bond donors (Lipinski definition) is 0. The highest BCUT2D eigenvalue weighted by atomic mass is 16.6. The zero-order chi connectivity index (χ0) is 14.1. The second-order valence-corrected chi connectivity index (χ2v) is 4.70. The molecular weight excluding hydrogens is 232 g/mol. The maximum absolute atomic E-state index is 11.8. The first-order valence-corrected chi connectivity index (χ1v) is 6.81. The van der Waals surface area contributed by atoms with Crippen molar-refractivity contribution in [2.24, 2.45) is 17.8 Å². The van der Waals surface area contributed by atoms with Crippen LogP contribution in [-0.2, 0) is 19.1 Å². The van der Waals surface area contributed by atoms with Crippen LogP contribution < -0.4 is 0 Å². The van der Waals surface area contributed by atoms with Crippen LogP contribution in [0.3, 0.4) is 0 Å². The molecule has 106 valence electrons. The van der Waals surface area contributed by atoms with E-state index < -0.39 is 17.9 Å². The zero-order valence-corrected chi connectivity index (χ0v) is 12.2. The molecule has 1 unspecified atom stereocenters. The van der Waals surface area contributed by atoms with E-state index in [1.807, 2.05) is 0 Å². The molecule has 0 radical (unpaired) electrons. The van der Waals surface area contributed by atoms with Crippen molar-refractivity contribution < 1.29 is 19.1 Å². The molecule has 0 saturated heterocycles. The Morgan fingerprint density at radius 2 is 1.39 bits per heavy atom. The Balaban J connectivity index is 4.74. The second kappa shape index (κ2) is 8.95. The minimum atomic E-state index is -0.780. The Kier molecular flexibility index (Phi) is 8.42. The largest absolute Gasteiger partial charge is 0.465 e. The van der Waals surface area contributed by atoms with Gasteiger partial charge in [0.1, 0.15) is 0 Å². The van der Waals surface area contributed by atoms with Crippen molar-refractivity contribution in [3.63, 3.8) is 0 Å². The second-order valence-electron chi connectivity index (χ2n) is 4.70. The summed E-state index contributed by atoms with van der Waals surface area (Å²) in [6, 6.07) is 0. The summed E-state index contributed by atoms with van der Waals surface area (Å²) in [4.78, 5) is 23.6. The Morgan fingerprint density at radius 3 is 1.67 bits per heavy atom. The SMILES string of the molecule is CCOC(=O)C(CC(CC)C(C)C)C(=O)OCC. The quantitative estimate of drug-likeness (QED) is 0.496. The number of carbonyl (C=O) groups excluding carboxylic acids is 2. The molecule has 0 amide bonds. The van der Waals surface area contributed by atoms with E-state index >= 15 is 0 Å². The summed E-state index contributed by atoms with van der Waals surface area (Å²) in [5, 5.41) is 0. The summed E-state index contributed by atoms with van der Waals surface area (Å²) in [5.41, 5.74) is 0. The number of carbonyl (C=O) groups is 2. The van der Waals surface area contributed by atoms with Gasteiger partial charge in [-0.1, -0.05) is 27.2 Å². The summed E-state index contributed by atoms with van der Waals surface area (Å²) in [6.07, 6.45) is 1.44. The van der Waals surface area contributed by atoms with Gasteiger partial charge in [-0.05, 0) is 32.1 Å². The van der Waals surface area contributed by atoms with Crippen LogP contribution in [0, 0.1) is 17.8 Å². The molecule has 0 heterocycles. The van der Waals surface area contributed by atoms with Crippen molar-refractivity contribution in [3.8, 4) is 0 Å². The van der Waals surface area contributed by atoms with Crippen LogP contribution in [0.1, 0.15) is 47.5 Å². The number of ether oxygens (including phenoxy) is 2. The van der Waals surface area contributed by atoms with Crippen molar-refractivity contribution in [1.82, 2.24) is 0 Å². The molecule has 0 aromatic rings. The first-order valence-electron chi connectivity index (χ1n) is 6.81. The minimum absolute atomic E-state index is 0.285. The van der Waals surface area contributed by atoms with Gasteiger partial charge in [0.05, 0.1) is 13.2 Å². The van der Waals surface area contributed by atoms with Crippen LogP contribution in [0.25, 0.3) is 0 Å². The van der Waals surface area contributed by atoms with Crippen molar-refractivity contribution in [1.29, 1.82) is 0 Å². The molecule has 0 rings (SSSR count). The fraction of sp³-hybridized carbons (Fsp3) is 0.857. The standard InChI is InChI=1S/C14H26O4/c1-6-11(10(4)5)9-12(13(15)17-7-2)14(16)18-8-3/h10-12H,6-9H2,1-5H3. The molecule has 0 aliphatic carbocycles. The van der Waals surface area contributed by atoms with E-state index in [0.717, 1.165) is 6.42 Å². The van der Waals surface area contributed by atoms with Gasteiger partial charge in [-0.25, -0.2) is 0 Å². The Labute approximate surface area is 110 Å². The molecule has 0 N–H and O–H groups in total. The lowest BCUT2D eigenvalue weighted by molar-refractivity contribution is -0.162. The summed E-state index contributed by atoms with van der Waals surface area (Å²) >= 11 is 0. The summed E-state index contributed by atoms with van der Waals surface area (Å²) < 4.78 is 9.91. The normalized spacial score (nSPS) is 12.6. The van der Waals surface area contributed by atoms with E-state index in [-0.39, 0.29) is 13.2 Å². The first-order chi connectivity index (χ1) is 8.47. The maximum Gasteiger partial charge on any atom is 0.320 e. The van der Waals surface area contributed by atoms with Crippen molar-refractivity contribution in [2.45, 2.75) is 47.5 Å². The van der Waals surface area contributed by atoms with Gasteiger partial charge >= 0.3 is 11.9 Å². The molecular formula is C14H26O4. The molecule has 0 aliphatic heterocycles. The zero-order valence-electron chi connectivity index (χ0n) is 12.2. The van der Waals surface area contributed by atoms with Gasteiger partial charge in [-0.2, -0.15) is 0 Å². The van der Waals surface area contributed by atoms with Crippen molar-refractivity contribution in [3.05, 3.63) is 0 Å². The maximum atomic E-state index is 11.8. The molecule has 0 aromatic heterocycles. The third-order valence-corrected chi connectivity index (χ3v) is 3.15. The molecule has 4 heteroatoms. The van der Waals surface area contributed by atoms with Crippen LogP contribution in [0.4, 0.5) is 0 Å². The Bertz CT molecular complexity index is 243. The molecule has 4 nitrogen and oxygen atoms in total. The van der Waals surface area contributed by atoms with Gasteiger partial charge in [0.2, 0.25) is 0 Å². The Hall–Kier alpha value is -1.06. The van der Waals surface area contributed by atoms with Crippen LogP contribution in [0.5, 0.6) is 0 Å². The smallest absolute Gasteiger partial charge is 0.320 e. The lowest BCUT2D eigenvalue weighted by atomic mass is 9.84. The van der Waals surface area contributed by atoms with Crippen LogP contribution in [0.2, 0.25) is 0 Å². The van der Waals surface area contributed by atoms with E-state index in [0.29, 0.717) is 18.3 Å². The van der Waals surface area contributed by atoms with Gasteiger partial charge in [0.15, 0.2) is 5.92 Å². The van der Waals surface area contributed by atoms with E-state index in [1.54, 1.807) is 13.8 Å². The fourth-order valence-electron chi connectivity index (χ4n) is 1.99. The highest BCUT2D eigenvalue weighted by Crippen LogP contribution is 2.25. The molecule has 18 heavy (non-hydrogen) atoms. The van der Waals surface area contributed by atoms with E-state index in [2.05, 4.69) is 20.8 Å². The molecule has 0 fully saturated rings. The predicted octanol–water partition coefficient (Wildman–Crippen LogP) is 2.80. The molecule has 0 aromatic carbocycles. The summed E-state index contributed by atoms with van der Waals surface area (Å²) in [6.45, 7) is 10.3. The minimum Gasteiger partial charge on any atom is -0.465 e. The van der Waals surface area contributed by atoms with Gasteiger partial charge < -0.3 is 9.47 Å². The van der Waals surface area contributed by atoms with Crippen molar-refractivity contribution >= 4 is 11.9 Å². The van der Waals surface area contributed by atoms with Gasteiger partial charge in [0.25, 0.3) is 0 Å². The number of esters is 2. The topological polar surface area (TPSA) is 52.6 Å². The molecule has 0 aliphatic rings. The number of rotatable bonds is 8. The Morgan fingerprint density at radius 1 is 0.944 bits per heavy atom. The van der Waals surface area contributed by atoms with Crippen LogP contribution in [-0.4, -0.2) is 25.2 Å². The average molecular weight is 258 g/mol. The third kappa shape index (κ3) is 5.52. The summed E-state index contributed by atoms with van der Waals surface area (Å²) in [7, 11) is 0. The average Bonchev–Trinajstić information content (AvgIpc) is 2.30. The van der Waals surface area contributed by atoms with Gasteiger partial charge in [0, 0.05) is 0 Å². The lowest BCUT2D eigenvalue weighted by Gasteiger charge is -2.23. The molecule has 1 atom stereocenters. The van der Waals surface area contributed by atoms with Crippen LogP contribution >= 0.6 is 0 Å². The highest BCUT2D eigenvalue weighted by molar-refractivity contribution is 5.94. The van der Waals surface area contributed by atoms with Gasteiger partial charge in [-0.15, -0.1) is 0 Å². The summed E-state index contributed by atoms with van der Waals surface area (Å²) in [5.74, 6) is -0.951. The molecule has 0 saturated carbocycles. The highest BCUT2D eigenvalue weighted by Gasteiger charge is 2.32. The first kappa shape index (κ1) is 16.9. The fourth-order valence-corrected chi connectivity index (χ4v) is 1.99. The van der Waals surface area contributed by atoms with Crippen LogP contribution in [0.15, 0.2) is 0 Å². The van der Waals surface area contributed by atoms with Crippen molar-refractivity contribution in [2.75, 3.05) is 13.2 Å². The van der Waals surface area contributed by atoms with E-state index in [1.165, 1.54) is 0 Å². The van der Waals surface area contributed by atoms with E-state index in [9.17, 15) is 9.59 Å². The predicted molar refractivity (Wildman–Crippen MR) is 70.0 cm³/mol. The van der Waals surface area contributed by atoms with E-state index in [4.69, 9.17) is 9.47 Å². The monoisotopic (exact) mass is 258 g/mol.